The summed E-state index contributed by atoms with van der Waals surface area (Å²) in [5.74, 6) is -1.33. The number of carbonyl (C=O) groups excluding carboxylic acids is 2. The third-order valence-corrected chi connectivity index (χ3v) is 3.47. The Morgan fingerprint density at radius 2 is 1.81 bits per heavy atom. The van der Waals surface area contributed by atoms with Gasteiger partial charge in [0.25, 0.3) is 11.8 Å². The minimum atomic E-state index is -0.526. The second-order valence-electron chi connectivity index (χ2n) is 4.21. The van der Waals surface area contributed by atoms with Gasteiger partial charge in [0, 0.05) is 12.6 Å². The monoisotopic (exact) mass is 350 g/mol. The molecule has 21 heavy (non-hydrogen) atoms. The molecule has 2 N–H and O–H groups in total. The fraction of sp³-hybridized carbons (Fsp3) is 0.0667. The second kappa shape index (κ2) is 6.49. The first-order valence-electron chi connectivity index (χ1n) is 6.10. The summed E-state index contributed by atoms with van der Waals surface area (Å²) in [6.07, 6.45) is 0. The molecule has 2 rings (SSSR count). The van der Waals surface area contributed by atoms with E-state index in [-0.39, 0.29) is 15.9 Å². The van der Waals surface area contributed by atoms with Crippen molar-refractivity contribution in [2.45, 2.75) is 0 Å². The minimum Gasteiger partial charge on any atom is -0.355 e. The van der Waals surface area contributed by atoms with Crippen LogP contribution in [0.25, 0.3) is 0 Å². The van der Waals surface area contributed by atoms with E-state index < -0.39 is 11.7 Å². The van der Waals surface area contributed by atoms with Crippen molar-refractivity contribution >= 4 is 33.4 Å². The first kappa shape index (κ1) is 15.2. The molecule has 0 atom stereocenters. The van der Waals surface area contributed by atoms with Crippen molar-refractivity contribution < 1.29 is 14.0 Å². The summed E-state index contributed by atoms with van der Waals surface area (Å²) >= 11 is 3.03. The van der Waals surface area contributed by atoms with Gasteiger partial charge >= 0.3 is 0 Å². The smallest absolute Gasteiger partial charge is 0.255 e. The molecule has 0 spiro atoms. The van der Waals surface area contributed by atoms with Crippen LogP contribution >= 0.6 is 15.9 Å². The summed E-state index contributed by atoms with van der Waals surface area (Å²) in [6.45, 7) is 0. The van der Waals surface area contributed by atoms with Crippen LogP contribution in [0.5, 0.6) is 0 Å². The molecule has 0 saturated heterocycles. The lowest BCUT2D eigenvalue weighted by Gasteiger charge is -2.10. The van der Waals surface area contributed by atoms with Gasteiger partial charge in [-0.2, -0.15) is 0 Å². The molecule has 0 bridgehead atoms. The van der Waals surface area contributed by atoms with Crippen LogP contribution in [-0.2, 0) is 0 Å². The molecule has 0 fully saturated rings. The number of benzene rings is 2. The molecule has 0 radical (unpaired) electrons. The molecule has 2 aromatic rings. The molecule has 2 amide bonds. The number of nitrogens with one attached hydrogen (secondary N) is 2. The Morgan fingerprint density at radius 3 is 2.48 bits per heavy atom. The van der Waals surface area contributed by atoms with Crippen LogP contribution in [0.3, 0.4) is 0 Å². The number of hydrogen-bond acceptors (Lipinski definition) is 2. The van der Waals surface area contributed by atoms with Gasteiger partial charge in [-0.25, -0.2) is 4.39 Å². The fourth-order valence-electron chi connectivity index (χ4n) is 1.76. The third-order valence-electron chi connectivity index (χ3n) is 2.83. The van der Waals surface area contributed by atoms with Crippen LogP contribution < -0.4 is 10.6 Å². The normalized spacial score (nSPS) is 10.0. The van der Waals surface area contributed by atoms with Crippen LogP contribution in [0.1, 0.15) is 20.7 Å². The van der Waals surface area contributed by atoms with Gasteiger partial charge in [-0.05, 0) is 46.3 Å². The van der Waals surface area contributed by atoms with Gasteiger partial charge in [0.2, 0.25) is 0 Å². The van der Waals surface area contributed by atoms with E-state index in [1.807, 2.05) is 0 Å². The summed E-state index contributed by atoms with van der Waals surface area (Å²) in [5.41, 5.74) is 0.874. The summed E-state index contributed by atoms with van der Waals surface area (Å²) in [6, 6.07) is 10.7. The molecule has 0 aliphatic heterocycles. The lowest BCUT2D eigenvalue weighted by atomic mass is 10.1. The largest absolute Gasteiger partial charge is 0.355 e. The highest BCUT2D eigenvalue weighted by Crippen LogP contribution is 2.19. The maximum absolute atomic E-state index is 13.4. The second-order valence-corrected chi connectivity index (χ2v) is 5.06. The van der Waals surface area contributed by atoms with E-state index in [1.165, 1.54) is 19.2 Å². The molecular weight excluding hydrogens is 339 g/mol. The van der Waals surface area contributed by atoms with Crippen molar-refractivity contribution in [1.29, 1.82) is 0 Å². The highest BCUT2D eigenvalue weighted by Gasteiger charge is 2.13. The molecule has 0 heterocycles. The molecular formula is C15H12BrFN2O2. The van der Waals surface area contributed by atoms with Crippen molar-refractivity contribution in [3.05, 3.63) is 63.9 Å². The van der Waals surface area contributed by atoms with Gasteiger partial charge in [0.15, 0.2) is 0 Å². The van der Waals surface area contributed by atoms with Crippen molar-refractivity contribution in [1.82, 2.24) is 5.32 Å². The Kier molecular flexibility index (Phi) is 4.70. The van der Waals surface area contributed by atoms with E-state index in [0.717, 1.165) is 6.07 Å². The number of halogens is 2. The summed E-state index contributed by atoms with van der Waals surface area (Å²) < 4.78 is 13.7. The zero-order valence-corrected chi connectivity index (χ0v) is 12.7. The number of anilines is 1. The molecule has 6 heteroatoms. The average Bonchev–Trinajstić information content (AvgIpc) is 2.49. The molecule has 2 aromatic carbocycles. The van der Waals surface area contributed by atoms with Gasteiger partial charge in [-0.1, -0.05) is 12.1 Å². The molecule has 0 aliphatic rings. The SMILES string of the molecule is CNC(=O)c1ccccc1NC(=O)c1ccc(Br)c(F)c1. The quantitative estimate of drug-likeness (QED) is 0.892. The van der Waals surface area contributed by atoms with Gasteiger partial charge < -0.3 is 10.6 Å². The summed E-state index contributed by atoms with van der Waals surface area (Å²) in [4.78, 5) is 23.8. The minimum absolute atomic E-state index is 0.169. The average molecular weight is 351 g/mol. The third kappa shape index (κ3) is 3.46. The predicted molar refractivity (Wildman–Crippen MR) is 81.9 cm³/mol. The zero-order chi connectivity index (χ0) is 15.4. The van der Waals surface area contributed by atoms with E-state index in [1.54, 1.807) is 24.3 Å². The Labute approximate surface area is 129 Å². The van der Waals surface area contributed by atoms with Gasteiger partial charge in [-0.3, -0.25) is 9.59 Å². The Morgan fingerprint density at radius 1 is 1.10 bits per heavy atom. The van der Waals surface area contributed by atoms with E-state index >= 15 is 0 Å². The van der Waals surface area contributed by atoms with Crippen LogP contribution in [-0.4, -0.2) is 18.9 Å². The lowest BCUT2D eigenvalue weighted by molar-refractivity contribution is 0.0964. The van der Waals surface area contributed by atoms with Crippen LogP contribution in [0.2, 0.25) is 0 Å². The molecule has 4 nitrogen and oxygen atoms in total. The van der Waals surface area contributed by atoms with E-state index in [0.29, 0.717) is 11.3 Å². The summed E-state index contributed by atoms with van der Waals surface area (Å²) in [7, 11) is 1.50. The predicted octanol–water partition coefficient (Wildman–Crippen LogP) is 3.20. The van der Waals surface area contributed by atoms with Crippen molar-refractivity contribution in [2.75, 3.05) is 12.4 Å². The Bertz CT molecular complexity index is 704. The van der Waals surface area contributed by atoms with Gasteiger partial charge in [0.05, 0.1) is 15.7 Å². The topological polar surface area (TPSA) is 58.2 Å². The molecule has 0 aliphatic carbocycles. The van der Waals surface area contributed by atoms with Crippen LogP contribution in [0.4, 0.5) is 10.1 Å². The Hall–Kier alpha value is -2.21. The standard InChI is InChI=1S/C15H12BrFN2O2/c1-18-15(21)10-4-2-3-5-13(10)19-14(20)9-6-7-11(16)12(17)8-9/h2-8H,1H3,(H,18,21)(H,19,20). The van der Waals surface area contributed by atoms with E-state index in [9.17, 15) is 14.0 Å². The first-order valence-corrected chi connectivity index (χ1v) is 6.89. The van der Waals surface area contributed by atoms with Crippen molar-refractivity contribution in [3.63, 3.8) is 0 Å². The van der Waals surface area contributed by atoms with Crippen LogP contribution in [0, 0.1) is 5.82 Å². The van der Waals surface area contributed by atoms with Gasteiger partial charge in [0.1, 0.15) is 5.82 Å². The number of hydrogen-bond donors (Lipinski definition) is 2. The highest BCUT2D eigenvalue weighted by atomic mass is 79.9. The zero-order valence-electron chi connectivity index (χ0n) is 11.1. The van der Waals surface area contributed by atoms with Crippen molar-refractivity contribution in [2.24, 2.45) is 0 Å². The highest BCUT2D eigenvalue weighted by molar-refractivity contribution is 9.10. The molecule has 0 aromatic heterocycles. The Balaban J connectivity index is 2.27. The van der Waals surface area contributed by atoms with E-state index in [2.05, 4.69) is 26.6 Å². The summed E-state index contributed by atoms with van der Waals surface area (Å²) in [5, 5.41) is 5.10. The molecule has 108 valence electrons. The van der Waals surface area contributed by atoms with E-state index in [4.69, 9.17) is 0 Å². The van der Waals surface area contributed by atoms with Gasteiger partial charge in [-0.15, -0.1) is 0 Å². The number of amides is 2. The number of para-hydroxylation sites is 1. The van der Waals surface area contributed by atoms with Crippen LogP contribution in [0.15, 0.2) is 46.9 Å². The van der Waals surface area contributed by atoms with Crippen molar-refractivity contribution in [3.8, 4) is 0 Å². The lowest BCUT2D eigenvalue weighted by Crippen LogP contribution is -2.21. The molecule has 0 saturated carbocycles. The number of carbonyl (C=O) groups is 2. The maximum Gasteiger partial charge on any atom is 0.255 e. The molecule has 0 unspecified atom stereocenters. The number of rotatable bonds is 3. The maximum atomic E-state index is 13.4. The fourth-order valence-corrected chi connectivity index (χ4v) is 2.00. The first-order chi connectivity index (χ1) is 10.0.